The van der Waals surface area contributed by atoms with E-state index in [9.17, 15) is 9.18 Å². The van der Waals surface area contributed by atoms with Gasteiger partial charge in [0.25, 0.3) is 0 Å². The van der Waals surface area contributed by atoms with Gasteiger partial charge in [-0.3, -0.25) is 9.69 Å². The molecular formula is C19H20FN3OS. The molecule has 1 aromatic heterocycles. The number of rotatable bonds is 5. The fourth-order valence-electron chi connectivity index (χ4n) is 2.46. The summed E-state index contributed by atoms with van der Waals surface area (Å²) in [4.78, 5) is 18.9. The van der Waals surface area contributed by atoms with Crippen molar-refractivity contribution in [1.82, 2.24) is 9.88 Å². The highest BCUT2D eigenvalue weighted by Crippen LogP contribution is 2.23. The van der Waals surface area contributed by atoms with Gasteiger partial charge in [0, 0.05) is 5.69 Å². The molecule has 0 aliphatic rings. The van der Waals surface area contributed by atoms with Crippen molar-refractivity contribution in [2.45, 2.75) is 26.4 Å². The van der Waals surface area contributed by atoms with Crippen LogP contribution in [0.25, 0.3) is 10.2 Å². The normalized spacial score (nSPS) is 12.5. The van der Waals surface area contributed by atoms with Gasteiger partial charge < -0.3 is 5.32 Å². The Morgan fingerprint density at radius 3 is 2.80 bits per heavy atom. The summed E-state index contributed by atoms with van der Waals surface area (Å²) in [6.45, 7) is 4.10. The van der Waals surface area contributed by atoms with Crippen molar-refractivity contribution in [3.63, 3.8) is 0 Å². The average Bonchev–Trinajstić information content (AvgIpc) is 2.99. The van der Waals surface area contributed by atoms with Gasteiger partial charge in [0.2, 0.25) is 5.91 Å². The van der Waals surface area contributed by atoms with Gasteiger partial charge in [-0.25, -0.2) is 9.37 Å². The molecule has 6 heteroatoms. The van der Waals surface area contributed by atoms with Gasteiger partial charge in [-0.15, -0.1) is 11.3 Å². The number of carbonyl (C=O) groups is 1. The van der Waals surface area contributed by atoms with Gasteiger partial charge >= 0.3 is 0 Å². The predicted octanol–water partition coefficient (Wildman–Crippen LogP) is 4.20. The zero-order valence-corrected chi connectivity index (χ0v) is 15.2. The molecule has 4 nitrogen and oxygen atoms in total. The van der Waals surface area contributed by atoms with Gasteiger partial charge in [-0.05, 0) is 50.7 Å². The lowest BCUT2D eigenvalue weighted by Gasteiger charge is -2.22. The third-order valence-corrected chi connectivity index (χ3v) is 5.22. The topological polar surface area (TPSA) is 45.2 Å². The maximum absolute atomic E-state index is 13.6. The Morgan fingerprint density at radius 1 is 1.32 bits per heavy atom. The second kappa shape index (κ2) is 7.29. The molecule has 0 fully saturated rings. The molecule has 25 heavy (non-hydrogen) atoms. The largest absolute Gasteiger partial charge is 0.325 e. The monoisotopic (exact) mass is 357 g/mol. The average molecular weight is 357 g/mol. The lowest BCUT2D eigenvalue weighted by atomic mass is 10.2. The van der Waals surface area contributed by atoms with E-state index in [1.807, 2.05) is 43.1 Å². The zero-order chi connectivity index (χ0) is 18.0. The molecule has 1 atom stereocenters. The van der Waals surface area contributed by atoms with Crippen LogP contribution in [0.5, 0.6) is 0 Å². The summed E-state index contributed by atoms with van der Waals surface area (Å²) in [6, 6.07) is 12.3. The van der Waals surface area contributed by atoms with Crippen molar-refractivity contribution in [1.29, 1.82) is 0 Å². The second-order valence-electron chi connectivity index (χ2n) is 6.12. The van der Waals surface area contributed by atoms with Crippen LogP contribution >= 0.6 is 11.3 Å². The summed E-state index contributed by atoms with van der Waals surface area (Å²) >= 11 is 1.63. The van der Waals surface area contributed by atoms with Crippen molar-refractivity contribution >= 4 is 33.1 Å². The van der Waals surface area contributed by atoms with E-state index in [2.05, 4.69) is 10.3 Å². The molecule has 0 aliphatic heterocycles. The lowest BCUT2D eigenvalue weighted by molar-refractivity contribution is -0.120. The van der Waals surface area contributed by atoms with Crippen molar-refractivity contribution in [3.05, 3.63) is 58.9 Å². The standard InChI is InChI=1S/C19H20FN3OS/c1-12-8-9-14(10-15(12)20)21-19(24)13(2)23(3)11-18-22-16-6-4-5-7-17(16)25-18/h4-10,13H,11H2,1-3H3,(H,21,24)/t13-/m0/s1. The lowest BCUT2D eigenvalue weighted by Crippen LogP contribution is -2.39. The van der Waals surface area contributed by atoms with E-state index >= 15 is 0 Å². The first-order valence-corrected chi connectivity index (χ1v) is 8.87. The molecule has 1 N–H and O–H groups in total. The highest BCUT2D eigenvalue weighted by atomic mass is 32.1. The number of nitrogens with zero attached hydrogens (tertiary/aromatic N) is 2. The third kappa shape index (κ3) is 4.03. The van der Waals surface area contributed by atoms with Crippen LogP contribution < -0.4 is 5.32 Å². The van der Waals surface area contributed by atoms with Crippen LogP contribution in [0.2, 0.25) is 0 Å². The highest BCUT2D eigenvalue weighted by molar-refractivity contribution is 7.18. The number of carbonyl (C=O) groups excluding carboxylic acids is 1. The molecule has 0 saturated heterocycles. The summed E-state index contributed by atoms with van der Waals surface area (Å²) in [5.41, 5.74) is 2.00. The van der Waals surface area contributed by atoms with Crippen LogP contribution in [0.3, 0.4) is 0 Å². The van der Waals surface area contributed by atoms with Crippen LogP contribution in [0.4, 0.5) is 10.1 Å². The molecular weight excluding hydrogens is 337 g/mol. The van der Waals surface area contributed by atoms with Gasteiger partial charge in [0.1, 0.15) is 10.8 Å². The number of para-hydroxylation sites is 1. The first-order valence-electron chi connectivity index (χ1n) is 8.06. The number of fused-ring (bicyclic) bond motifs is 1. The molecule has 130 valence electrons. The van der Waals surface area contributed by atoms with Crippen LogP contribution in [0.15, 0.2) is 42.5 Å². The maximum atomic E-state index is 13.6. The number of likely N-dealkylation sites (N-methyl/N-ethyl adjacent to an activating group) is 1. The Bertz CT molecular complexity index is 876. The molecule has 0 saturated carbocycles. The highest BCUT2D eigenvalue weighted by Gasteiger charge is 2.19. The fraction of sp³-hybridized carbons (Fsp3) is 0.263. The Balaban J connectivity index is 1.65. The van der Waals surface area contributed by atoms with E-state index in [1.54, 1.807) is 30.4 Å². The van der Waals surface area contributed by atoms with Crippen molar-refractivity contribution in [2.75, 3.05) is 12.4 Å². The molecule has 1 amide bonds. The number of nitrogens with one attached hydrogen (secondary N) is 1. The van der Waals surface area contributed by atoms with Gasteiger partial charge in [-0.1, -0.05) is 18.2 Å². The van der Waals surface area contributed by atoms with Crippen molar-refractivity contribution in [3.8, 4) is 0 Å². The van der Waals surface area contributed by atoms with E-state index in [0.717, 1.165) is 15.2 Å². The Morgan fingerprint density at radius 2 is 2.08 bits per heavy atom. The number of hydrogen-bond acceptors (Lipinski definition) is 4. The predicted molar refractivity (Wildman–Crippen MR) is 100 cm³/mol. The van der Waals surface area contributed by atoms with Crippen LogP contribution in [0.1, 0.15) is 17.5 Å². The van der Waals surface area contributed by atoms with E-state index in [4.69, 9.17) is 0 Å². The van der Waals surface area contributed by atoms with E-state index < -0.39 is 0 Å². The Hall–Kier alpha value is -2.31. The molecule has 0 aliphatic carbocycles. The maximum Gasteiger partial charge on any atom is 0.241 e. The quantitative estimate of drug-likeness (QED) is 0.744. The number of benzene rings is 2. The third-order valence-electron chi connectivity index (χ3n) is 4.20. The minimum atomic E-state index is -0.364. The number of anilines is 1. The molecule has 0 radical (unpaired) electrons. The van der Waals surface area contributed by atoms with E-state index in [1.165, 1.54) is 6.07 Å². The molecule has 0 unspecified atom stereocenters. The number of amides is 1. The number of aryl methyl sites for hydroxylation is 1. The first kappa shape index (κ1) is 17.5. The summed E-state index contributed by atoms with van der Waals surface area (Å²) in [7, 11) is 1.88. The molecule has 0 bridgehead atoms. The van der Waals surface area contributed by atoms with Gasteiger partial charge in [0.15, 0.2) is 0 Å². The Kier molecular flexibility index (Phi) is 5.11. The minimum Gasteiger partial charge on any atom is -0.325 e. The summed E-state index contributed by atoms with van der Waals surface area (Å²) in [6.07, 6.45) is 0. The van der Waals surface area contributed by atoms with Crippen LogP contribution in [-0.4, -0.2) is 28.9 Å². The zero-order valence-electron chi connectivity index (χ0n) is 14.4. The Labute approximate surface area is 150 Å². The second-order valence-corrected chi connectivity index (χ2v) is 7.23. The SMILES string of the molecule is Cc1ccc(NC(=O)[C@H](C)N(C)Cc2nc3ccccc3s2)cc1F. The molecule has 2 aromatic carbocycles. The molecule has 3 rings (SSSR count). The van der Waals surface area contributed by atoms with Crippen LogP contribution in [-0.2, 0) is 11.3 Å². The number of thiazole rings is 1. The summed E-state index contributed by atoms with van der Waals surface area (Å²) in [5.74, 6) is -0.500. The smallest absolute Gasteiger partial charge is 0.241 e. The minimum absolute atomic E-state index is 0.174. The van der Waals surface area contributed by atoms with Gasteiger partial charge in [0.05, 0.1) is 22.8 Å². The molecule has 1 heterocycles. The number of halogens is 1. The number of aromatic nitrogens is 1. The van der Waals surface area contributed by atoms with E-state index in [0.29, 0.717) is 17.8 Å². The van der Waals surface area contributed by atoms with E-state index in [-0.39, 0.29) is 17.8 Å². The molecule has 3 aromatic rings. The van der Waals surface area contributed by atoms with Crippen molar-refractivity contribution < 1.29 is 9.18 Å². The number of hydrogen-bond donors (Lipinski definition) is 1. The summed E-state index contributed by atoms with van der Waals surface area (Å²) in [5, 5.41) is 3.73. The molecule has 0 spiro atoms. The van der Waals surface area contributed by atoms with Crippen LogP contribution in [0, 0.1) is 12.7 Å². The first-order chi connectivity index (χ1) is 11.9. The fourth-order valence-corrected chi connectivity index (χ4v) is 3.49. The van der Waals surface area contributed by atoms with Crippen molar-refractivity contribution in [2.24, 2.45) is 0 Å². The van der Waals surface area contributed by atoms with Gasteiger partial charge in [-0.2, -0.15) is 0 Å². The summed E-state index contributed by atoms with van der Waals surface area (Å²) < 4.78 is 14.7.